The van der Waals surface area contributed by atoms with Gasteiger partial charge in [-0.2, -0.15) is 0 Å². The fourth-order valence-electron chi connectivity index (χ4n) is 2.96. The van der Waals surface area contributed by atoms with Gasteiger partial charge in [0.2, 0.25) is 11.7 Å². The molecule has 0 spiro atoms. The fraction of sp³-hybridized carbons (Fsp3) is 0.160. The van der Waals surface area contributed by atoms with Crippen LogP contribution in [0.5, 0.6) is 5.75 Å². The molecule has 1 amide bonds. The molecule has 0 aliphatic heterocycles. The summed E-state index contributed by atoms with van der Waals surface area (Å²) in [5.41, 5.74) is 1.25. The first-order valence-corrected chi connectivity index (χ1v) is 11.4. The number of hydrogen-bond donors (Lipinski definition) is 1. The van der Waals surface area contributed by atoms with Crippen molar-refractivity contribution in [2.75, 3.05) is 18.2 Å². The van der Waals surface area contributed by atoms with Gasteiger partial charge < -0.3 is 14.8 Å². The Labute approximate surface area is 201 Å². The number of nitrogens with one attached hydrogen (secondary N) is 1. The highest BCUT2D eigenvalue weighted by atomic mass is 35.5. The van der Waals surface area contributed by atoms with Gasteiger partial charge in [-0.25, -0.2) is 4.79 Å². The van der Waals surface area contributed by atoms with Crippen LogP contribution in [-0.2, 0) is 9.53 Å². The van der Waals surface area contributed by atoms with E-state index in [1.807, 2.05) is 0 Å². The van der Waals surface area contributed by atoms with E-state index >= 15 is 0 Å². The second kappa shape index (κ2) is 11.5. The number of amides is 1. The van der Waals surface area contributed by atoms with Crippen LogP contribution >= 0.6 is 23.4 Å². The predicted octanol–water partition coefficient (Wildman–Crippen LogP) is 5.51. The lowest BCUT2D eigenvalue weighted by Gasteiger charge is -2.14. The van der Waals surface area contributed by atoms with Crippen LogP contribution in [0.3, 0.4) is 0 Å². The molecule has 3 aromatic rings. The van der Waals surface area contributed by atoms with Crippen molar-refractivity contribution in [1.29, 1.82) is 0 Å². The first-order valence-electron chi connectivity index (χ1n) is 10.0. The zero-order chi connectivity index (χ0) is 23.8. The normalized spacial score (nSPS) is 11.4. The summed E-state index contributed by atoms with van der Waals surface area (Å²) in [4.78, 5) is 38.3. The maximum atomic E-state index is 12.8. The fourth-order valence-corrected chi connectivity index (χ4v) is 3.99. The van der Waals surface area contributed by atoms with E-state index in [0.29, 0.717) is 26.9 Å². The lowest BCUT2D eigenvalue weighted by Crippen LogP contribution is -2.24. The summed E-state index contributed by atoms with van der Waals surface area (Å²) < 4.78 is 10.6. The van der Waals surface area contributed by atoms with Crippen molar-refractivity contribution in [2.45, 2.75) is 17.9 Å². The number of Topliss-reactive ketones (excluding diaryl/α,β-unsaturated/α-hetero) is 1. The van der Waals surface area contributed by atoms with Crippen LogP contribution in [0.1, 0.15) is 27.6 Å². The number of carbonyl (C=O) groups is 3. The van der Waals surface area contributed by atoms with E-state index in [9.17, 15) is 14.4 Å². The quantitative estimate of drug-likeness (QED) is 0.245. The van der Waals surface area contributed by atoms with Gasteiger partial charge in [-0.05, 0) is 43.3 Å². The van der Waals surface area contributed by atoms with E-state index in [1.165, 1.54) is 24.8 Å². The Morgan fingerprint density at radius 1 is 1.00 bits per heavy atom. The second-order valence-electron chi connectivity index (χ2n) is 6.99. The molecular formula is C25H22ClNO5S. The summed E-state index contributed by atoms with van der Waals surface area (Å²) in [6, 6.07) is 20.3. The molecule has 8 heteroatoms. The van der Waals surface area contributed by atoms with Gasteiger partial charge in [0.25, 0.3) is 0 Å². The summed E-state index contributed by atoms with van der Waals surface area (Å²) in [6.07, 6.45) is -0.995. The SMILES string of the molecule is COc1cccc(NC(=O)CSc2ccccc2C(=O)OC(C)C(=O)c2cccc(Cl)c2)c1. The van der Waals surface area contributed by atoms with Gasteiger partial charge in [-0.15, -0.1) is 11.8 Å². The Balaban J connectivity index is 1.62. The van der Waals surface area contributed by atoms with Gasteiger partial charge in [0.05, 0.1) is 18.4 Å². The molecule has 1 N–H and O–H groups in total. The van der Waals surface area contributed by atoms with Crippen LogP contribution in [0.2, 0.25) is 5.02 Å². The van der Waals surface area contributed by atoms with Crippen LogP contribution in [0.15, 0.2) is 77.7 Å². The molecule has 0 saturated heterocycles. The minimum absolute atomic E-state index is 0.0818. The highest BCUT2D eigenvalue weighted by Crippen LogP contribution is 2.25. The molecule has 0 fully saturated rings. The van der Waals surface area contributed by atoms with Gasteiger partial charge in [0.15, 0.2) is 6.10 Å². The Kier molecular flexibility index (Phi) is 8.52. The van der Waals surface area contributed by atoms with E-state index in [1.54, 1.807) is 73.8 Å². The van der Waals surface area contributed by atoms with Crippen molar-refractivity contribution in [3.05, 3.63) is 88.9 Å². The summed E-state index contributed by atoms with van der Waals surface area (Å²) in [6.45, 7) is 1.51. The van der Waals surface area contributed by atoms with Crippen LogP contribution in [0, 0.1) is 0 Å². The van der Waals surface area contributed by atoms with E-state index in [4.69, 9.17) is 21.1 Å². The second-order valence-corrected chi connectivity index (χ2v) is 8.44. The number of hydrogen-bond acceptors (Lipinski definition) is 6. The van der Waals surface area contributed by atoms with Gasteiger partial charge >= 0.3 is 5.97 Å². The number of rotatable bonds is 9. The number of halogens is 1. The van der Waals surface area contributed by atoms with Crippen LogP contribution < -0.4 is 10.1 Å². The Morgan fingerprint density at radius 2 is 1.76 bits per heavy atom. The van der Waals surface area contributed by atoms with Crippen molar-refractivity contribution >= 4 is 46.7 Å². The Hall–Kier alpha value is -3.29. The molecule has 0 saturated carbocycles. The summed E-state index contributed by atoms with van der Waals surface area (Å²) in [5, 5.41) is 3.22. The monoisotopic (exact) mass is 483 g/mol. The van der Waals surface area contributed by atoms with Gasteiger partial charge in [0.1, 0.15) is 5.75 Å². The van der Waals surface area contributed by atoms with Gasteiger partial charge in [-0.3, -0.25) is 9.59 Å². The first kappa shape index (κ1) is 24.4. The minimum Gasteiger partial charge on any atom is -0.497 e. The maximum Gasteiger partial charge on any atom is 0.339 e. The smallest absolute Gasteiger partial charge is 0.339 e. The number of methoxy groups -OCH3 is 1. The average molecular weight is 484 g/mol. The first-order chi connectivity index (χ1) is 15.9. The molecule has 6 nitrogen and oxygen atoms in total. The van der Waals surface area contributed by atoms with Crippen molar-refractivity contribution in [3.8, 4) is 5.75 Å². The molecule has 0 aliphatic carbocycles. The molecule has 1 unspecified atom stereocenters. The molecule has 3 rings (SSSR count). The van der Waals surface area contributed by atoms with Crippen molar-refractivity contribution in [2.24, 2.45) is 0 Å². The molecular weight excluding hydrogens is 462 g/mol. The van der Waals surface area contributed by atoms with E-state index in [0.717, 1.165) is 0 Å². The van der Waals surface area contributed by atoms with E-state index in [-0.39, 0.29) is 23.0 Å². The van der Waals surface area contributed by atoms with Gasteiger partial charge in [0, 0.05) is 27.2 Å². The van der Waals surface area contributed by atoms with Crippen LogP contribution in [-0.4, -0.2) is 36.6 Å². The summed E-state index contributed by atoms with van der Waals surface area (Å²) in [7, 11) is 1.55. The lowest BCUT2D eigenvalue weighted by atomic mass is 10.1. The number of ketones is 1. The van der Waals surface area contributed by atoms with E-state index < -0.39 is 12.1 Å². The largest absolute Gasteiger partial charge is 0.497 e. The summed E-state index contributed by atoms with van der Waals surface area (Å²) >= 11 is 7.14. The highest BCUT2D eigenvalue weighted by molar-refractivity contribution is 8.00. The topological polar surface area (TPSA) is 81.7 Å². The molecule has 0 aromatic heterocycles. The highest BCUT2D eigenvalue weighted by Gasteiger charge is 2.22. The van der Waals surface area contributed by atoms with Gasteiger partial charge in [-0.1, -0.05) is 41.9 Å². The molecule has 170 valence electrons. The predicted molar refractivity (Wildman–Crippen MR) is 129 cm³/mol. The Morgan fingerprint density at radius 3 is 2.52 bits per heavy atom. The third kappa shape index (κ3) is 6.84. The average Bonchev–Trinajstić information content (AvgIpc) is 2.82. The number of benzene rings is 3. The maximum absolute atomic E-state index is 12.8. The lowest BCUT2D eigenvalue weighted by molar-refractivity contribution is -0.113. The number of carbonyl (C=O) groups excluding carboxylic acids is 3. The summed E-state index contributed by atoms with van der Waals surface area (Å²) in [5.74, 6) is -0.517. The zero-order valence-corrected chi connectivity index (χ0v) is 19.6. The third-order valence-corrected chi connectivity index (χ3v) is 5.89. The molecule has 0 bridgehead atoms. The van der Waals surface area contributed by atoms with Crippen LogP contribution in [0.4, 0.5) is 5.69 Å². The number of anilines is 1. The van der Waals surface area contributed by atoms with E-state index in [2.05, 4.69) is 5.32 Å². The molecule has 1 atom stereocenters. The molecule has 3 aromatic carbocycles. The third-order valence-electron chi connectivity index (χ3n) is 4.58. The molecule has 0 heterocycles. The minimum atomic E-state index is -0.995. The molecule has 0 aliphatic rings. The zero-order valence-electron chi connectivity index (χ0n) is 18.0. The number of esters is 1. The standard InChI is InChI=1S/C25H22ClNO5S/c1-16(24(29)17-7-5-8-18(26)13-17)32-25(30)21-11-3-4-12-22(21)33-15-23(28)27-19-9-6-10-20(14-19)31-2/h3-14,16H,15H2,1-2H3,(H,27,28). The van der Waals surface area contributed by atoms with Crippen LogP contribution in [0.25, 0.3) is 0 Å². The van der Waals surface area contributed by atoms with Crippen molar-refractivity contribution in [1.82, 2.24) is 0 Å². The molecule has 33 heavy (non-hydrogen) atoms. The number of thioether (sulfide) groups is 1. The number of ether oxygens (including phenoxy) is 2. The van der Waals surface area contributed by atoms with Crippen molar-refractivity contribution in [3.63, 3.8) is 0 Å². The molecule has 0 radical (unpaired) electrons. The van der Waals surface area contributed by atoms with Crippen molar-refractivity contribution < 1.29 is 23.9 Å². The Bertz CT molecular complexity index is 1170.